The summed E-state index contributed by atoms with van der Waals surface area (Å²) in [5.41, 5.74) is 13.8. The van der Waals surface area contributed by atoms with E-state index < -0.39 is 0 Å². The Kier molecular flexibility index (Phi) is 7.86. The molecular weight excluding hydrogens is 711 g/mol. The normalized spacial score (nSPS) is 14.5. The molecule has 0 spiro atoms. The van der Waals surface area contributed by atoms with E-state index in [1.54, 1.807) is 12.1 Å². The molecule has 2 heterocycles. The maximum atomic E-state index is 9.41. The topological polar surface area (TPSA) is 101 Å². The van der Waals surface area contributed by atoms with Crippen molar-refractivity contribution in [2.45, 2.75) is 11.8 Å². The van der Waals surface area contributed by atoms with Gasteiger partial charge in [0.15, 0.2) is 34.9 Å². The molecule has 0 amide bonds. The number of benzene rings is 7. The standard InChI is InChI=1S/C51H31N7/c52-30-31-20-22-35(23-21-31)49-54-48(34-16-8-3-9-17-34)57-51(58-49)37-25-27-41-43(29-37)45-39-19-11-10-18-38(39)44(41)42-28-36(24-26-40(42)45)50-55-46(32-12-4-1-5-13-32)53-47(56-50)33-14-6-2-7-15-33/h1-29,44-45H. The maximum Gasteiger partial charge on any atom is 0.164 e. The van der Waals surface area contributed by atoms with E-state index in [1.807, 2.05) is 103 Å². The summed E-state index contributed by atoms with van der Waals surface area (Å²) in [5.74, 6) is 3.72. The zero-order valence-electron chi connectivity index (χ0n) is 31.0. The molecule has 0 aliphatic heterocycles. The van der Waals surface area contributed by atoms with E-state index in [-0.39, 0.29) is 11.8 Å². The van der Waals surface area contributed by atoms with Gasteiger partial charge in [0.1, 0.15) is 0 Å². The molecule has 7 nitrogen and oxygen atoms in total. The van der Waals surface area contributed by atoms with E-state index in [4.69, 9.17) is 29.9 Å². The van der Waals surface area contributed by atoms with E-state index in [0.29, 0.717) is 40.5 Å². The van der Waals surface area contributed by atoms with Gasteiger partial charge in [-0.15, -0.1) is 0 Å². The van der Waals surface area contributed by atoms with Crippen molar-refractivity contribution >= 4 is 0 Å². The first-order valence-corrected chi connectivity index (χ1v) is 19.2. The van der Waals surface area contributed by atoms with Gasteiger partial charge in [0, 0.05) is 45.2 Å². The Labute approximate surface area is 335 Å². The molecule has 58 heavy (non-hydrogen) atoms. The third-order valence-corrected chi connectivity index (χ3v) is 11.2. The smallest absolute Gasteiger partial charge is 0.164 e. The third-order valence-electron chi connectivity index (χ3n) is 11.2. The molecule has 2 bridgehead atoms. The summed E-state index contributed by atoms with van der Waals surface area (Å²) in [6.07, 6.45) is 0. The van der Waals surface area contributed by atoms with Crippen LogP contribution in [0.1, 0.15) is 50.8 Å². The van der Waals surface area contributed by atoms with Crippen LogP contribution in [0.3, 0.4) is 0 Å². The summed E-state index contributed by atoms with van der Waals surface area (Å²) in [5, 5.41) is 9.41. The lowest BCUT2D eigenvalue weighted by Gasteiger charge is -2.42. The van der Waals surface area contributed by atoms with Crippen molar-refractivity contribution in [3.8, 4) is 74.4 Å². The van der Waals surface area contributed by atoms with Crippen LogP contribution in [0.15, 0.2) is 176 Å². The molecule has 2 unspecified atom stereocenters. The summed E-state index contributed by atoms with van der Waals surface area (Å²) >= 11 is 0. The number of nitrogens with zero attached hydrogens (tertiary/aromatic N) is 7. The third kappa shape index (κ3) is 5.66. The fraction of sp³-hybridized carbons (Fsp3) is 0.0392. The van der Waals surface area contributed by atoms with Gasteiger partial charge in [-0.3, -0.25) is 0 Å². The fourth-order valence-electron chi connectivity index (χ4n) is 8.48. The van der Waals surface area contributed by atoms with Gasteiger partial charge in [0.2, 0.25) is 0 Å². The Morgan fingerprint density at radius 1 is 0.293 bits per heavy atom. The van der Waals surface area contributed by atoms with Gasteiger partial charge >= 0.3 is 0 Å². The molecule has 7 aromatic carbocycles. The van der Waals surface area contributed by atoms with Crippen LogP contribution < -0.4 is 0 Å². The SMILES string of the molecule is N#Cc1ccc(-c2nc(-c3ccccc3)nc(-c3ccc4c(c3)C3c5ccccc5C4c4cc(-c5nc(-c6ccccc6)nc(-c6ccccc6)n5)ccc43)n2)cc1. The Bertz CT molecular complexity index is 3010. The summed E-state index contributed by atoms with van der Waals surface area (Å²) in [6.45, 7) is 0. The van der Waals surface area contributed by atoms with Crippen LogP contribution in [0, 0.1) is 11.3 Å². The van der Waals surface area contributed by atoms with E-state index >= 15 is 0 Å². The van der Waals surface area contributed by atoms with E-state index in [1.165, 1.54) is 33.4 Å². The molecule has 7 heteroatoms. The lowest BCUT2D eigenvalue weighted by molar-refractivity contribution is 0.754. The Balaban J connectivity index is 1.04. The Morgan fingerprint density at radius 3 is 0.948 bits per heavy atom. The van der Waals surface area contributed by atoms with Crippen molar-refractivity contribution in [1.29, 1.82) is 5.26 Å². The van der Waals surface area contributed by atoms with Crippen LogP contribution in [0.25, 0.3) is 68.3 Å². The zero-order chi connectivity index (χ0) is 38.6. The molecule has 0 saturated carbocycles. The molecule has 3 aliphatic carbocycles. The van der Waals surface area contributed by atoms with Crippen LogP contribution in [-0.4, -0.2) is 29.9 Å². The van der Waals surface area contributed by atoms with Crippen molar-refractivity contribution in [3.05, 3.63) is 215 Å². The lowest BCUT2D eigenvalue weighted by atomic mass is 9.61. The van der Waals surface area contributed by atoms with Gasteiger partial charge in [0.05, 0.1) is 11.6 Å². The lowest BCUT2D eigenvalue weighted by Crippen LogP contribution is -2.27. The molecule has 0 saturated heterocycles. The molecule has 3 aliphatic rings. The fourth-order valence-corrected chi connectivity index (χ4v) is 8.48. The number of rotatable bonds is 6. The van der Waals surface area contributed by atoms with Gasteiger partial charge in [-0.1, -0.05) is 140 Å². The number of nitriles is 1. The average Bonchev–Trinajstić information content (AvgIpc) is 3.31. The largest absolute Gasteiger partial charge is 0.208 e. The van der Waals surface area contributed by atoms with Gasteiger partial charge in [0.25, 0.3) is 0 Å². The second kappa shape index (κ2) is 13.7. The summed E-state index contributed by atoms with van der Waals surface area (Å²) in [6, 6.07) is 61.9. The predicted octanol–water partition coefficient (Wildman–Crippen LogP) is 10.9. The number of hydrogen-bond acceptors (Lipinski definition) is 7. The summed E-state index contributed by atoms with van der Waals surface area (Å²) in [4.78, 5) is 30.0. The maximum absolute atomic E-state index is 9.41. The first-order valence-electron chi connectivity index (χ1n) is 19.2. The number of hydrogen-bond donors (Lipinski definition) is 0. The Hall–Kier alpha value is -7.95. The van der Waals surface area contributed by atoms with Gasteiger partial charge in [-0.05, 0) is 69.8 Å². The molecule has 2 atom stereocenters. The number of aromatic nitrogens is 6. The minimum absolute atomic E-state index is 0.0201. The zero-order valence-corrected chi connectivity index (χ0v) is 31.0. The van der Waals surface area contributed by atoms with Crippen molar-refractivity contribution in [3.63, 3.8) is 0 Å². The highest BCUT2D eigenvalue weighted by Crippen LogP contribution is 2.56. The summed E-state index contributed by atoms with van der Waals surface area (Å²) < 4.78 is 0. The highest BCUT2D eigenvalue weighted by molar-refractivity contribution is 5.75. The summed E-state index contributed by atoms with van der Waals surface area (Å²) in [7, 11) is 0. The molecule has 2 aromatic heterocycles. The highest BCUT2D eigenvalue weighted by Gasteiger charge is 2.41. The minimum atomic E-state index is 0.0201. The van der Waals surface area contributed by atoms with Crippen molar-refractivity contribution in [1.82, 2.24) is 29.9 Å². The average molecular weight is 742 g/mol. The molecule has 0 fully saturated rings. The predicted molar refractivity (Wildman–Crippen MR) is 225 cm³/mol. The second-order valence-electron chi connectivity index (χ2n) is 14.6. The molecule has 0 radical (unpaired) electrons. The molecule has 12 rings (SSSR count). The van der Waals surface area contributed by atoms with Crippen LogP contribution in [0.4, 0.5) is 0 Å². The van der Waals surface area contributed by atoms with Gasteiger partial charge in [-0.25, -0.2) is 29.9 Å². The van der Waals surface area contributed by atoms with E-state index in [9.17, 15) is 5.26 Å². The van der Waals surface area contributed by atoms with E-state index in [0.717, 1.165) is 33.4 Å². The van der Waals surface area contributed by atoms with E-state index in [2.05, 4.69) is 66.7 Å². The van der Waals surface area contributed by atoms with Crippen LogP contribution in [-0.2, 0) is 0 Å². The quantitative estimate of drug-likeness (QED) is 0.167. The van der Waals surface area contributed by atoms with Crippen molar-refractivity contribution < 1.29 is 0 Å². The van der Waals surface area contributed by atoms with Crippen LogP contribution >= 0.6 is 0 Å². The highest BCUT2D eigenvalue weighted by atomic mass is 15.0. The van der Waals surface area contributed by atoms with Crippen LogP contribution in [0.2, 0.25) is 0 Å². The Morgan fingerprint density at radius 2 is 0.586 bits per heavy atom. The van der Waals surface area contributed by atoms with Gasteiger partial charge in [-0.2, -0.15) is 5.26 Å². The molecular formula is C51H31N7. The minimum Gasteiger partial charge on any atom is -0.208 e. The molecule has 9 aromatic rings. The first kappa shape index (κ1) is 33.4. The second-order valence-corrected chi connectivity index (χ2v) is 14.6. The first-order chi connectivity index (χ1) is 28.7. The van der Waals surface area contributed by atoms with Gasteiger partial charge < -0.3 is 0 Å². The monoisotopic (exact) mass is 741 g/mol. The van der Waals surface area contributed by atoms with Crippen molar-refractivity contribution in [2.24, 2.45) is 0 Å². The molecule has 0 N–H and O–H groups in total. The van der Waals surface area contributed by atoms with Crippen LogP contribution in [0.5, 0.6) is 0 Å². The molecule has 270 valence electrons. The van der Waals surface area contributed by atoms with Crippen molar-refractivity contribution in [2.75, 3.05) is 0 Å².